The molecule has 1 unspecified atom stereocenters. The predicted octanol–water partition coefficient (Wildman–Crippen LogP) is 2.84. The number of hydrogen-bond donors (Lipinski definition) is 2. The lowest BCUT2D eigenvalue weighted by Crippen LogP contribution is -2.27. The topological polar surface area (TPSA) is 66.6 Å². The minimum Gasteiger partial charge on any atom is -0.388 e. The van der Waals surface area contributed by atoms with Gasteiger partial charge in [0.2, 0.25) is 0 Å². The second kappa shape index (κ2) is 6.81. The van der Waals surface area contributed by atoms with Crippen LogP contribution in [0.2, 0.25) is 5.15 Å². The molecular formula is C17H16ClN3O2. The molecule has 0 spiro atoms. The molecule has 0 aliphatic carbocycles. The van der Waals surface area contributed by atoms with Crippen LogP contribution in [-0.2, 0) is 0 Å². The number of imidazole rings is 1. The first-order valence-electron chi connectivity index (χ1n) is 7.30. The number of aliphatic hydroxyl groups excluding tert-OH is 1. The Bertz CT molecular complexity index is 817. The van der Waals surface area contributed by atoms with Crippen molar-refractivity contribution >= 4 is 23.2 Å². The third kappa shape index (κ3) is 3.36. The molecule has 0 saturated carbocycles. The summed E-state index contributed by atoms with van der Waals surface area (Å²) in [5.74, 6) is -0.311. The summed E-state index contributed by atoms with van der Waals surface area (Å²) in [6.45, 7) is 0.339. The number of aliphatic hydroxyl groups is 1. The van der Waals surface area contributed by atoms with Gasteiger partial charge < -0.3 is 10.4 Å². The van der Waals surface area contributed by atoms with Crippen LogP contribution in [0.3, 0.4) is 0 Å². The standard InChI is InChI=1S/C17H16ClN3O2/c18-16-15(21-11-5-4-8-14(21)20-16)17(23)19-10-9-13(22)12-6-2-1-3-7-12/h1-8,11,13,22H,9-10H2,(H,19,23). The molecule has 2 N–H and O–H groups in total. The van der Waals surface area contributed by atoms with Crippen molar-refractivity contribution in [3.63, 3.8) is 0 Å². The number of nitrogens with zero attached hydrogens (tertiary/aromatic N) is 2. The second-order valence-corrected chi connectivity index (χ2v) is 5.51. The van der Waals surface area contributed by atoms with Gasteiger partial charge in [-0.3, -0.25) is 9.20 Å². The maximum atomic E-state index is 12.3. The Hall–Kier alpha value is -2.37. The first kappa shape index (κ1) is 15.5. The van der Waals surface area contributed by atoms with Gasteiger partial charge in [-0.05, 0) is 24.1 Å². The fourth-order valence-electron chi connectivity index (χ4n) is 2.42. The summed E-state index contributed by atoms with van der Waals surface area (Å²) in [7, 11) is 0. The highest BCUT2D eigenvalue weighted by atomic mass is 35.5. The highest BCUT2D eigenvalue weighted by molar-refractivity contribution is 6.32. The van der Waals surface area contributed by atoms with Crippen LogP contribution in [-0.4, -0.2) is 26.9 Å². The summed E-state index contributed by atoms with van der Waals surface area (Å²) in [6, 6.07) is 14.8. The van der Waals surface area contributed by atoms with Gasteiger partial charge in [-0.15, -0.1) is 0 Å². The van der Waals surface area contributed by atoms with E-state index in [1.807, 2.05) is 36.4 Å². The number of rotatable bonds is 5. The lowest BCUT2D eigenvalue weighted by Gasteiger charge is -2.11. The van der Waals surface area contributed by atoms with Gasteiger partial charge in [0.25, 0.3) is 5.91 Å². The Labute approximate surface area is 138 Å². The minimum absolute atomic E-state index is 0.164. The van der Waals surface area contributed by atoms with Crippen LogP contribution in [0.1, 0.15) is 28.6 Å². The number of amides is 1. The molecule has 3 aromatic rings. The van der Waals surface area contributed by atoms with Crippen LogP contribution < -0.4 is 5.32 Å². The van der Waals surface area contributed by atoms with Crippen LogP contribution in [0.15, 0.2) is 54.7 Å². The number of benzene rings is 1. The van der Waals surface area contributed by atoms with E-state index in [2.05, 4.69) is 10.3 Å². The number of aromatic nitrogens is 2. The van der Waals surface area contributed by atoms with Crippen molar-refractivity contribution in [2.24, 2.45) is 0 Å². The average molecular weight is 330 g/mol. The van der Waals surface area contributed by atoms with E-state index in [0.717, 1.165) is 5.56 Å². The molecule has 0 aliphatic heterocycles. The van der Waals surface area contributed by atoms with Gasteiger partial charge in [-0.2, -0.15) is 0 Å². The third-order valence-electron chi connectivity index (χ3n) is 3.59. The van der Waals surface area contributed by atoms with Crippen LogP contribution in [0.25, 0.3) is 5.65 Å². The highest BCUT2D eigenvalue weighted by Crippen LogP contribution is 2.18. The Morgan fingerprint density at radius 2 is 1.96 bits per heavy atom. The van der Waals surface area contributed by atoms with Crippen LogP contribution >= 0.6 is 11.6 Å². The van der Waals surface area contributed by atoms with Gasteiger partial charge in [0, 0.05) is 12.7 Å². The zero-order valence-electron chi connectivity index (χ0n) is 12.3. The van der Waals surface area contributed by atoms with E-state index in [4.69, 9.17) is 11.6 Å². The maximum Gasteiger partial charge on any atom is 0.271 e. The first-order chi connectivity index (χ1) is 11.2. The molecule has 0 aliphatic rings. The van der Waals surface area contributed by atoms with Gasteiger partial charge in [-0.25, -0.2) is 4.98 Å². The summed E-state index contributed by atoms with van der Waals surface area (Å²) in [5, 5.41) is 13.0. The number of nitrogens with one attached hydrogen (secondary N) is 1. The SMILES string of the molecule is O=C(NCCC(O)c1ccccc1)c1c(Cl)nc2ccccn12. The summed E-state index contributed by atoms with van der Waals surface area (Å²) >= 11 is 6.06. The zero-order chi connectivity index (χ0) is 16.2. The Kier molecular flexibility index (Phi) is 4.60. The Balaban J connectivity index is 1.64. The molecule has 0 radical (unpaired) electrons. The number of pyridine rings is 1. The van der Waals surface area contributed by atoms with Gasteiger partial charge >= 0.3 is 0 Å². The van der Waals surface area contributed by atoms with Crippen molar-refractivity contribution in [3.05, 3.63) is 71.1 Å². The maximum absolute atomic E-state index is 12.3. The van der Waals surface area contributed by atoms with Crippen molar-refractivity contribution < 1.29 is 9.90 Å². The van der Waals surface area contributed by atoms with Gasteiger partial charge in [0.15, 0.2) is 10.8 Å². The average Bonchev–Trinajstić information content (AvgIpc) is 2.91. The molecule has 0 fully saturated rings. The minimum atomic E-state index is -0.617. The molecule has 23 heavy (non-hydrogen) atoms. The summed E-state index contributed by atoms with van der Waals surface area (Å²) < 4.78 is 1.64. The molecule has 1 aromatic carbocycles. The van der Waals surface area contributed by atoms with Crippen LogP contribution in [0.4, 0.5) is 0 Å². The van der Waals surface area contributed by atoms with E-state index in [9.17, 15) is 9.90 Å². The van der Waals surface area contributed by atoms with Crippen molar-refractivity contribution in [1.82, 2.24) is 14.7 Å². The number of hydrogen-bond acceptors (Lipinski definition) is 3. The molecule has 6 heteroatoms. The highest BCUT2D eigenvalue weighted by Gasteiger charge is 2.17. The smallest absolute Gasteiger partial charge is 0.271 e. The molecule has 1 amide bonds. The molecule has 2 aromatic heterocycles. The zero-order valence-corrected chi connectivity index (χ0v) is 13.1. The van der Waals surface area contributed by atoms with Gasteiger partial charge in [0.05, 0.1) is 6.10 Å². The van der Waals surface area contributed by atoms with Gasteiger partial charge in [-0.1, -0.05) is 48.0 Å². The number of halogens is 1. The fourth-order valence-corrected chi connectivity index (χ4v) is 2.68. The number of carbonyl (C=O) groups is 1. The van der Waals surface area contributed by atoms with Crippen molar-refractivity contribution in [2.45, 2.75) is 12.5 Å². The summed E-state index contributed by atoms with van der Waals surface area (Å²) in [5.41, 5.74) is 1.75. The molecule has 0 saturated heterocycles. The predicted molar refractivity (Wildman–Crippen MR) is 88.6 cm³/mol. The summed E-state index contributed by atoms with van der Waals surface area (Å²) in [6.07, 6.45) is 1.54. The van der Waals surface area contributed by atoms with E-state index < -0.39 is 6.10 Å². The molecule has 0 bridgehead atoms. The monoisotopic (exact) mass is 329 g/mol. The van der Waals surface area contributed by atoms with Crippen molar-refractivity contribution in [1.29, 1.82) is 0 Å². The molecule has 1 atom stereocenters. The quantitative estimate of drug-likeness (QED) is 0.756. The van der Waals surface area contributed by atoms with E-state index in [1.165, 1.54) is 0 Å². The second-order valence-electron chi connectivity index (χ2n) is 5.15. The van der Waals surface area contributed by atoms with Crippen molar-refractivity contribution in [2.75, 3.05) is 6.54 Å². The molecule has 5 nitrogen and oxygen atoms in total. The third-order valence-corrected chi connectivity index (χ3v) is 3.85. The Morgan fingerprint density at radius 1 is 1.22 bits per heavy atom. The van der Waals surface area contributed by atoms with E-state index in [1.54, 1.807) is 22.7 Å². The van der Waals surface area contributed by atoms with Gasteiger partial charge in [0.1, 0.15) is 5.65 Å². The largest absolute Gasteiger partial charge is 0.388 e. The molecule has 118 valence electrons. The van der Waals surface area contributed by atoms with Crippen molar-refractivity contribution in [3.8, 4) is 0 Å². The molecule has 3 rings (SSSR count). The lowest BCUT2D eigenvalue weighted by molar-refractivity contribution is 0.0937. The lowest BCUT2D eigenvalue weighted by atomic mass is 10.1. The number of fused-ring (bicyclic) bond motifs is 1. The van der Waals surface area contributed by atoms with E-state index >= 15 is 0 Å². The molecular weight excluding hydrogens is 314 g/mol. The number of carbonyl (C=O) groups excluding carboxylic acids is 1. The van der Waals surface area contributed by atoms with E-state index in [-0.39, 0.29) is 11.1 Å². The van der Waals surface area contributed by atoms with Crippen LogP contribution in [0, 0.1) is 0 Å². The van der Waals surface area contributed by atoms with E-state index in [0.29, 0.717) is 24.3 Å². The van der Waals surface area contributed by atoms with Crippen LogP contribution in [0.5, 0.6) is 0 Å². The Morgan fingerprint density at radius 3 is 2.74 bits per heavy atom. The first-order valence-corrected chi connectivity index (χ1v) is 7.68. The normalized spacial score (nSPS) is 12.3. The fraction of sp³-hybridized carbons (Fsp3) is 0.176. The molecule has 2 heterocycles. The summed E-state index contributed by atoms with van der Waals surface area (Å²) in [4.78, 5) is 16.5.